The molecule has 3 aromatic carbocycles. The molecule has 0 aliphatic carbocycles. The Labute approximate surface area is 206 Å². The SMILES string of the molecule is COc1ccc(C(=O)NCCCCCc2nc3ccccc3n2Cc2ccc(C)cc2)cc1OC. The fourth-order valence-electron chi connectivity index (χ4n) is 4.24. The predicted molar refractivity (Wildman–Crippen MR) is 139 cm³/mol. The van der Waals surface area contributed by atoms with Crippen LogP contribution in [0.2, 0.25) is 0 Å². The van der Waals surface area contributed by atoms with Crippen molar-refractivity contribution in [3.8, 4) is 11.5 Å². The van der Waals surface area contributed by atoms with Gasteiger partial charge in [-0.2, -0.15) is 0 Å². The molecule has 0 bridgehead atoms. The van der Waals surface area contributed by atoms with E-state index in [1.54, 1.807) is 32.4 Å². The van der Waals surface area contributed by atoms with Crippen LogP contribution in [0.4, 0.5) is 0 Å². The van der Waals surface area contributed by atoms with E-state index < -0.39 is 0 Å². The molecule has 1 amide bonds. The van der Waals surface area contributed by atoms with Gasteiger partial charge in [0, 0.05) is 25.1 Å². The molecule has 0 saturated carbocycles. The molecule has 1 aromatic heterocycles. The zero-order chi connectivity index (χ0) is 24.6. The van der Waals surface area contributed by atoms with Gasteiger partial charge in [0.25, 0.3) is 5.91 Å². The van der Waals surface area contributed by atoms with Gasteiger partial charge in [-0.05, 0) is 55.7 Å². The second kappa shape index (κ2) is 11.6. The first-order chi connectivity index (χ1) is 17.1. The van der Waals surface area contributed by atoms with Crippen LogP contribution in [0.3, 0.4) is 0 Å². The van der Waals surface area contributed by atoms with E-state index in [1.165, 1.54) is 16.6 Å². The summed E-state index contributed by atoms with van der Waals surface area (Å²) in [5.41, 5.74) is 5.31. The Kier molecular flexibility index (Phi) is 8.03. The van der Waals surface area contributed by atoms with Crippen molar-refractivity contribution in [2.75, 3.05) is 20.8 Å². The Morgan fingerprint density at radius 1 is 0.914 bits per heavy atom. The number of hydrogen-bond donors (Lipinski definition) is 1. The first-order valence-corrected chi connectivity index (χ1v) is 12.1. The number of benzene rings is 3. The van der Waals surface area contributed by atoms with Crippen LogP contribution in [0.25, 0.3) is 11.0 Å². The Bertz CT molecular complexity index is 1280. The molecular weight excluding hydrogens is 438 g/mol. The van der Waals surface area contributed by atoms with Crippen molar-refractivity contribution in [3.05, 3.63) is 89.2 Å². The van der Waals surface area contributed by atoms with Crippen molar-refractivity contribution in [2.24, 2.45) is 0 Å². The van der Waals surface area contributed by atoms with Gasteiger partial charge in [0.2, 0.25) is 0 Å². The van der Waals surface area contributed by atoms with E-state index in [2.05, 4.69) is 59.3 Å². The highest BCUT2D eigenvalue weighted by Crippen LogP contribution is 2.27. The van der Waals surface area contributed by atoms with Crippen molar-refractivity contribution in [1.29, 1.82) is 0 Å². The fourth-order valence-corrected chi connectivity index (χ4v) is 4.24. The molecule has 6 heteroatoms. The van der Waals surface area contributed by atoms with Crippen molar-refractivity contribution in [2.45, 2.75) is 39.2 Å². The number of hydrogen-bond acceptors (Lipinski definition) is 4. The van der Waals surface area contributed by atoms with Crippen molar-refractivity contribution in [1.82, 2.24) is 14.9 Å². The summed E-state index contributed by atoms with van der Waals surface area (Å²) in [5, 5.41) is 3.00. The van der Waals surface area contributed by atoms with Gasteiger partial charge in [0.05, 0.1) is 25.3 Å². The van der Waals surface area contributed by atoms with E-state index >= 15 is 0 Å². The van der Waals surface area contributed by atoms with Crippen molar-refractivity contribution in [3.63, 3.8) is 0 Å². The topological polar surface area (TPSA) is 65.4 Å². The Balaban J connectivity index is 1.30. The highest BCUT2D eigenvalue weighted by Gasteiger charge is 2.12. The van der Waals surface area contributed by atoms with Gasteiger partial charge < -0.3 is 19.4 Å². The number of fused-ring (bicyclic) bond motifs is 1. The van der Waals surface area contributed by atoms with E-state index in [0.29, 0.717) is 23.6 Å². The lowest BCUT2D eigenvalue weighted by atomic mass is 10.1. The summed E-state index contributed by atoms with van der Waals surface area (Å²) in [6.07, 6.45) is 3.85. The molecule has 0 saturated heterocycles. The number of carbonyl (C=O) groups is 1. The molecule has 182 valence electrons. The summed E-state index contributed by atoms with van der Waals surface area (Å²) < 4.78 is 12.9. The highest BCUT2D eigenvalue weighted by molar-refractivity contribution is 5.94. The monoisotopic (exact) mass is 471 g/mol. The van der Waals surface area contributed by atoms with Gasteiger partial charge in [-0.25, -0.2) is 4.98 Å². The van der Waals surface area contributed by atoms with Crippen LogP contribution in [0.1, 0.15) is 46.6 Å². The van der Waals surface area contributed by atoms with Gasteiger partial charge in [0.15, 0.2) is 11.5 Å². The van der Waals surface area contributed by atoms with Crippen LogP contribution in [-0.2, 0) is 13.0 Å². The largest absolute Gasteiger partial charge is 0.493 e. The number of ether oxygens (including phenoxy) is 2. The fraction of sp³-hybridized carbons (Fsp3) is 0.310. The molecule has 4 rings (SSSR count). The first kappa shape index (κ1) is 24.3. The number of amides is 1. The quantitative estimate of drug-likeness (QED) is 0.291. The summed E-state index contributed by atoms with van der Waals surface area (Å²) in [4.78, 5) is 17.4. The van der Waals surface area contributed by atoms with Crippen LogP contribution >= 0.6 is 0 Å². The van der Waals surface area contributed by atoms with E-state index in [0.717, 1.165) is 43.6 Å². The molecule has 6 nitrogen and oxygen atoms in total. The third kappa shape index (κ3) is 6.01. The maximum Gasteiger partial charge on any atom is 0.251 e. The Hall–Kier alpha value is -3.80. The maximum atomic E-state index is 12.5. The summed E-state index contributed by atoms with van der Waals surface area (Å²) in [7, 11) is 3.14. The van der Waals surface area contributed by atoms with Crippen LogP contribution < -0.4 is 14.8 Å². The van der Waals surface area contributed by atoms with Gasteiger partial charge in [-0.1, -0.05) is 48.4 Å². The van der Waals surface area contributed by atoms with Crippen LogP contribution in [0.5, 0.6) is 11.5 Å². The van der Waals surface area contributed by atoms with E-state index in [1.807, 2.05) is 6.07 Å². The molecule has 0 aliphatic heterocycles. The number of aromatic nitrogens is 2. The summed E-state index contributed by atoms with van der Waals surface area (Å²) in [6.45, 7) is 3.56. The molecule has 0 aliphatic rings. The van der Waals surface area contributed by atoms with E-state index in [-0.39, 0.29) is 5.91 Å². The number of para-hydroxylation sites is 2. The summed E-state index contributed by atoms with van der Waals surface area (Å²) in [6, 6.07) is 22.2. The number of nitrogens with zero attached hydrogens (tertiary/aromatic N) is 2. The summed E-state index contributed by atoms with van der Waals surface area (Å²) >= 11 is 0. The normalized spacial score (nSPS) is 10.9. The maximum absolute atomic E-state index is 12.5. The zero-order valence-corrected chi connectivity index (χ0v) is 20.7. The number of rotatable bonds is 11. The molecule has 1 heterocycles. The predicted octanol–water partition coefficient (Wildman–Crippen LogP) is 5.55. The molecule has 4 aromatic rings. The van der Waals surface area contributed by atoms with Gasteiger partial charge in [-0.3, -0.25) is 4.79 Å². The summed E-state index contributed by atoms with van der Waals surface area (Å²) in [5.74, 6) is 2.16. The van der Waals surface area contributed by atoms with Crippen LogP contribution in [0, 0.1) is 6.92 Å². The van der Waals surface area contributed by atoms with Gasteiger partial charge in [0.1, 0.15) is 5.82 Å². The molecule has 35 heavy (non-hydrogen) atoms. The number of unbranched alkanes of at least 4 members (excludes halogenated alkanes) is 2. The molecule has 0 fully saturated rings. The number of imidazole rings is 1. The minimum Gasteiger partial charge on any atom is -0.493 e. The molecule has 0 radical (unpaired) electrons. The molecule has 0 spiro atoms. The average Bonchev–Trinajstić information content (AvgIpc) is 3.23. The molecular formula is C29H33N3O3. The first-order valence-electron chi connectivity index (χ1n) is 12.1. The number of aryl methyl sites for hydroxylation is 2. The third-order valence-electron chi connectivity index (χ3n) is 6.20. The number of nitrogens with one attached hydrogen (secondary N) is 1. The van der Waals surface area contributed by atoms with Gasteiger partial charge in [-0.15, -0.1) is 0 Å². The number of carbonyl (C=O) groups excluding carboxylic acids is 1. The molecule has 0 atom stereocenters. The van der Waals surface area contributed by atoms with Gasteiger partial charge >= 0.3 is 0 Å². The average molecular weight is 472 g/mol. The Morgan fingerprint density at radius 3 is 2.46 bits per heavy atom. The second-order valence-corrected chi connectivity index (χ2v) is 8.72. The standard InChI is InChI=1S/C29H33N3O3/c1-21-12-14-22(15-13-21)20-32-25-10-7-6-9-24(25)31-28(32)11-5-4-8-18-30-29(33)23-16-17-26(34-2)27(19-23)35-3/h6-7,9-10,12-17,19H,4-5,8,11,18,20H2,1-3H3,(H,30,33). The smallest absolute Gasteiger partial charge is 0.251 e. The molecule has 0 unspecified atom stereocenters. The minimum atomic E-state index is -0.106. The lowest BCUT2D eigenvalue weighted by Gasteiger charge is -2.11. The van der Waals surface area contributed by atoms with Crippen LogP contribution in [-0.4, -0.2) is 36.2 Å². The molecule has 1 N–H and O–H groups in total. The lowest BCUT2D eigenvalue weighted by molar-refractivity contribution is 0.0952. The minimum absolute atomic E-state index is 0.106. The lowest BCUT2D eigenvalue weighted by Crippen LogP contribution is -2.24. The second-order valence-electron chi connectivity index (χ2n) is 8.72. The van der Waals surface area contributed by atoms with E-state index in [9.17, 15) is 4.79 Å². The van der Waals surface area contributed by atoms with E-state index in [4.69, 9.17) is 14.5 Å². The third-order valence-corrected chi connectivity index (χ3v) is 6.20. The zero-order valence-electron chi connectivity index (χ0n) is 20.7. The Morgan fingerprint density at radius 2 is 1.69 bits per heavy atom. The van der Waals surface area contributed by atoms with Crippen LogP contribution in [0.15, 0.2) is 66.7 Å². The number of methoxy groups -OCH3 is 2. The highest BCUT2D eigenvalue weighted by atomic mass is 16.5. The van der Waals surface area contributed by atoms with Crippen molar-refractivity contribution >= 4 is 16.9 Å². The van der Waals surface area contributed by atoms with Crippen molar-refractivity contribution < 1.29 is 14.3 Å².